The van der Waals surface area contributed by atoms with Crippen LogP contribution in [-0.2, 0) is 24.1 Å². The molecule has 3 heteroatoms. The van der Waals surface area contributed by atoms with E-state index < -0.39 is 0 Å². The first kappa shape index (κ1) is 16.0. The van der Waals surface area contributed by atoms with Crippen LogP contribution in [0.3, 0.4) is 0 Å². The Morgan fingerprint density at radius 1 is 1.14 bits per heavy atom. The highest BCUT2D eigenvalue weighted by atomic mass is 16.2. The molecular weight excluding hydrogens is 262 g/mol. The summed E-state index contributed by atoms with van der Waals surface area (Å²) in [6.07, 6.45) is 8.19. The van der Waals surface area contributed by atoms with E-state index in [1.54, 1.807) is 0 Å². The molecule has 0 atom stereocenters. The molecule has 3 nitrogen and oxygen atoms in total. The summed E-state index contributed by atoms with van der Waals surface area (Å²) in [5.41, 5.74) is 4.05. The van der Waals surface area contributed by atoms with Crippen LogP contribution >= 0.6 is 0 Å². The second kappa shape index (κ2) is 8.18. The molecule has 1 aromatic rings. The average molecular weight is 289 g/mol. The highest BCUT2D eigenvalue weighted by molar-refractivity contribution is 5.78. The highest BCUT2D eigenvalue weighted by Gasteiger charge is 2.13. The summed E-state index contributed by atoms with van der Waals surface area (Å²) < 4.78 is 0. The van der Waals surface area contributed by atoms with E-state index in [0.29, 0.717) is 6.42 Å². The quantitative estimate of drug-likeness (QED) is 0.784. The molecule has 0 saturated carbocycles. The molecule has 0 aromatic heterocycles. The summed E-state index contributed by atoms with van der Waals surface area (Å²) in [4.78, 5) is 14.0. The van der Waals surface area contributed by atoms with Gasteiger partial charge in [0.1, 0.15) is 0 Å². The molecule has 1 amide bonds. The molecule has 21 heavy (non-hydrogen) atoms. The van der Waals surface area contributed by atoms with Gasteiger partial charge >= 0.3 is 0 Å². The Morgan fingerprint density at radius 2 is 1.90 bits per heavy atom. The third-order valence-electron chi connectivity index (χ3n) is 4.35. The van der Waals surface area contributed by atoms with E-state index >= 15 is 0 Å². The summed E-state index contributed by atoms with van der Waals surface area (Å²) >= 11 is 0. The van der Waals surface area contributed by atoms with Crippen LogP contribution in [0.15, 0.2) is 18.2 Å². The molecule has 1 aliphatic rings. The standard InChI is InChI=1S/C18H27NO2/c1-19(11-5-2-6-12-20)18(21)14-15-9-10-16-7-3-4-8-17(16)13-15/h9-10,13,20H,2-8,11-12,14H2,1H3. The van der Waals surface area contributed by atoms with Gasteiger partial charge in [-0.05, 0) is 61.6 Å². The molecule has 116 valence electrons. The smallest absolute Gasteiger partial charge is 0.226 e. The second-order valence-electron chi connectivity index (χ2n) is 6.09. The number of hydrogen-bond acceptors (Lipinski definition) is 2. The maximum atomic E-state index is 12.2. The fourth-order valence-electron chi connectivity index (χ4n) is 2.97. The van der Waals surface area contributed by atoms with Gasteiger partial charge in [-0.3, -0.25) is 4.79 Å². The van der Waals surface area contributed by atoms with Gasteiger partial charge in [0.05, 0.1) is 6.42 Å². The van der Waals surface area contributed by atoms with E-state index in [1.807, 2.05) is 11.9 Å². The minimum Gasteiger partial charge on any atom is -0.396 e. The van der Waals surface area contributed by atoms with Crippen LogP contribution in [0.1, 0.15) is 48.8 Å². The third-order valence-corrected chi connectivity index (χ3v) is 4.35. The zero-order chi connectivity index (χ0) is 15.1. The number of aliphatic hydroxyl groups excluding tert-OH is 1. The van der Waals surface area contributed by atoms with Crippen LogP contribution in [0.4, 0.5) is 0 Å². The van der Waals surface area contributed by atoms with Crippen LogP contribution < -0.4 is 0 Å². The molecule has 0 aliphatic heterocycles. The van der Waals surface area contributed by atoms with Crippen LogP contribution in [-0.4, -0.2) is 36.1 Å². The lowest BCUT2D eigenvalue weighted by molar-refractivity contribution is -0.129. The number of nitrogens with zero attached hydrogens (tertiary/aromatic N) is 1. The molecule has 1 aliphatic carbocycles. The summed E-state index contributed by atoms with van der Waals surface area (Å²) in [5, 5.41) is 8.75. The SMILES string of the molecule is CN(CCCCCO)C(=O)Cc1ccc2c(c1)CCCC2. The van der Waals surface area contributed by atoms with Crippen molar-refractivity contribution < 1.29 is 9.90 Å². The molecule has 0 bridgehead atoms. The lowest BCUT2D eigenvalue weighted by atomic mass is 9.90. The first-order chi connectivity index (χ1) is 10.2. The third kappa shape index (κ3) is 4.85. The lowest BCUT2D eigenvalue weighted by Gasteiger charge is -2.19. The van der Waals surface area contributed by atoms with E-state index in [9.17, 15) is 4.79 Å². The largest absolute Gasteiger partial charge is 0.396 e. The number of aryl methyl sites for hydroxylation is 2. The Labute approximate surface area is 128 Å². The highest BCUT2D eigenvalue weighted by Crippen LogP contribution is 2.22. The lowest BCUT2D eigenvalue weighted by Crippen LogP contribution is -2.29. The number of likely N-dealkylation sites (N-methyl/N-ethyl adjacent to an activating group) is 1. The Morgan fingerprint density at radius 3 is 2.67 bits per heavy atom. The van der Waals surface area contributed by atoms with Crippen LogP contribution in [0.25, 0.3) is 0 Å². The average Bonchev–Trinajstić information content (AvgIpc) is 2.51. The second-order valence-corrected chi connectivity index (χ2v) is 6.09. The molecule has 0 unspecified atom stereocenters. The number of amides is 1. The number of fused-ring (bicyclic) bond motifs is 1. The molecule has 0 saturated heterocycles. The molecule has 0 heterocycles. The van der Waals surface area contributed by atoms with Gasteiger partial charge in [-0.2, -0.15) is 0 Å². The number of carbonyl (C=O) groups is 1. The van der Waals surface area contributed by atoms with E-state index in [4.69, 9.17) is 5.11 Å². The number of rotatable bonds is 7. The first-order valence-electron chi connectivity index (χ1n) is 8.16. The predicted molar refractivity (Wildman–Crippen MR) is 85.4 cm³/mol. The number of benzene rings is 1. The van der Waals surface area contributed by atoms with Crippen molar-refractivity contribution in [3.8, 4) is 0 Å². The fraction of sp³-hybridized carbons (Fsp3) is 0.611. The molecular formula is C18H27NO2. The number of aliphatic hydroxyl groups is 1. The van der Waals surface area contributed by atoms with Gasteiger partial charge < -0.3 is 10.0 Å². The van der Waals surface area contributed by atoms with Crippen molar-refractivity contribution in [3.63, 3.8) is 0 Å². The summed E-state index contributed by atoms with van der Waals surface area (Å²) in [6, 6.07) is 6.55. The van der Waals surface area contributed by atoms with Crippen molar-refractivity contribution in [2.45, 2.75) is 51.4 Å². The summed E-state index contributed by atoms with van der Waals surface area (Å²) in [5.74, 6) is 0.190. The van der Waals surface area contributed by atoms with Crippen LogP contribution in [0.5, 0.6) is 0 Å². The van der Waals surface area contributed by atoms with Crippen LogP contribution in [0.2, 0.25) is 0 Å². The van der Waals surface area contributed by atoms with Crippen molar-refractivity contribution in [2.24, 2.45) is 0 Å². The molecule has 0 radical (unpaired) electrons. The van der Waals surface area contributed by atoms with E-state index in [2.05, 4.69) is 18.2 Å². The minimum absolute atomic E-state index is 0.190. The summed E-state index contributed by atoms with van der Waals surface area (Å²) in [7, 11) is 1.87. The van der Waals surface area contributed by atoms with Gasteiger partial charge in [-0.15, -0.1) is 0 Å². The number of hydrogen-bond donors (Lipinski definition) is 1. The maximum Gasteiger partial charge on any atom is 0.226 e. The zero-order valence-corrected chi connectivity index (χ0v) is 13.1. The van der Waals surface area contributed by atoms with E-state index in [-0.39, 0.29) is 12.5 Å². The van der Waals surface area contributed by atoms with Gasteiger partial charge in [0.2, 0.25) is 5.91 Å². The van der Waals surface area contributed by atoms with Crippen molar-refractivity contribution in [1.82, 2.24) is 4.90 Å². The minimum atomic E-state index is 0.190. The zero-order valence-electron chi connectivity index (χ0n) is 13.1. The van der Waals surface area contributed by atoms with Gasteiger partial charge in [-0.1, -0.05) is 18.2 Å². The Balaban J connectivity index is 1.84. The van der Waals surface area contributed by atoms with Crippen molar-refractivity contribution in [3.05, 3.63) is 34.9 Å². The maximum absolute atomic E-state index is 12.2. The van der Waals surface area contributed by atoms with Crippen LogP contribution in [0, 0.1) is 0 Å². The molecule has 0 spiro atoms. The van der Waals surface area contributed by atoms with Crippen molar-refractivity contribution >= 4 is 5.91 Å². The van der Waals surface area contributed by atoms with Crippen molar-refractivity contribution in [1.29, 1.82) is 0 Å². The topological polar surface area (TPSA) is 40.5 Å². The molecule has 0 fully saturated rings. The number of unbranched alkanes of at least 4 members (excludes halogenated alkanes) is 2. The Hall–Kier alpha value is -1.35. The first-order valence-corrected chi connectivity index (χ1v) is 8.16. The molecule has 1 N–H and O–H groups in total. The van der Waals surface area contributed by atoms with Gasteiger partial charge in [0, 0.05) is 20.2 Å². The molecule has 1 aromatic carbocycles. The molecule has 2 rings (SSSR count). The normalized spacial score (nSPS) is 13.8. The Bertz CT molecular complexity index is 470. The van der Waals surface area contributed by atoms with Gasteiger partial charge in [0.15, 0.2) is 0 Å². The van der Waals surface area contributed by atoms with Crippen molar-refractivity contribution in [2.75, 3.05) is 20.2 Å². The Kier molecular flexibility index (Phi) is 6.24. The van der Waals surface area contributed by atoms with E-state index in [1.165, 1.54) is 30.4 Å². The monoisotopic (exact) mass is 289 g/mol. The van der Waals surface area contributed by atoms with E-state index in [0.717, 1.165) is 37.8 Å². The van der Waals surface area contributed by atoms with Gasteiger partial charge in [0.25, 0.3) is 0 Å². The number of carbonyl (C=O) groups excluding carboxylic acids is 1. The fourth-order valence-corrected chi connectivity index (χ4v) is 2.97. The van der Waals surface area contributed by atoms with Gasteiger partial charge in [-0.25, -0.2) is 0 Å². The summed E-state index contributed by atoms with van der Waals surface area (Å²) in [6.45, 7) is 1.02. The predicted octanol–water partition coefficient (Wildman–Crippen LogP) is 2.73.